The summed E-state index contributed by atoms with van der Waals surface area (Å²) in [5.74, 6) is 0. The van der Waals surface area contributed by atoms with E-state index in [2.05, 4.69) is 120 Å². The fourth-order valence-corrected chi connectivity index (χ4v) is 5.44. The largest absolute Gasteiger partial charge is 0.172 e. The molecule has 0 amide bonds. The minimum atomic E-state index is 0.677. The van der Waals surface area contributed by atoms with Gasteiger partial charge >= 0.3 is 0 Å². The summed E-state index contributed by atoms with van der Waals surface area (Å²) >= 11 is 8.13. The van der Waals surface area contributed by atoms with E-state index in [9.17, 15) is 0 Å². The Hall–Kier alpha value is -3.79. The molecule has 0 N–H and O–H groups in total. The van der Waals surface area contributed by atoms with Crippen molar-refractivity contribution < 1.29 is 0 Å². The smallest absolute Gasteiger partial charge is 0.114 e. The summed E-state index contributed by atoms with van der Waals surface area (Å²) in [5.41, 5.74) is 13.0. The topological polar surface area (TPSA) is 25.8 Å². The summed E-state index contributed by atoms with van der Waals surface area (Å²) in [6.45, 7) is 4.20. The van der Waals surface area contributed by atoms with Gasteiger partial charge in [-0.2, -0.15) is 8.75 Å². The minimum absolute atomic E-state index is 0.677. The molecular weight excluding hydrogens is 480 g/mol. The monoisotopic (exact) mass is 502 g/mol. The van der Waals surface area contributed by atoms with E-state index in [0.717, 1.165) is 33.3 Å². The van der Waals surface area contributed by atoms with Gasteiger partial charge in [0.05, 0.1) is 16.8 Å². The van der Waals surface area contributed by atoms with Gasteiger partial charge in [0, 0.05) is 11.1 Å². The maximum absolute atomic E-state index is 6.90. The van der Waals surface area contributed by atoms with Gasteiger partial charge in [-0.15, -0.1) is 0 Å². The van der Waals surface area contributed by atoms with Crippen molar-refractivity contribution in [1.82, 2.24) is 8.75 Å². The molecule has 0 atom stereocenters. The van der Waals surface area contributed by atoms with Crippen molar-refractivity contribution in [2.75, 3.05) is 0 Å². The van der Waals surface area contributed by atoms with Gasteiger partial charge in [-0.05, 0) is 53.3 Å². The van der Waals surface area contributed by atoms with E-state index in [1.54, 1.807) is 0 Å². The molecule has 1 aromatic heterocycles. The number of halogens is 1. The molecule has 0 bridgehead atoms. The van der Waals surface area contributed by atoms with Gasteiger partial charge in [-0.3, -0.25) is 0 Å². The normalized spacial score (nSPS) is 11.2. The third-order valence-corrected chi connectivity index (χ3v) is 7.46. The van der Waals surface area contributed by atoms with Gasteiger partial charge < -0.3 is 0 Å². The molecule has 36 heavy (non-hydrogen) atoms. The highest BCUT2D eigenvalue weighted by molar-refractivity contribution is 7.00. The number of aromatic nitrogens is 2. The van der Waals surface area contributed by atoms with Crippen LogP contribution in [0.25, 0.3) is 55.5 Å². The van der Waals surface area contributed by atoms with Gasteiger partial charge in [0.1, 0.15) is 11.0 Å². The van der Waals surface area contributed by atoms with Crippen LogP contribution in [0.5, 0.6) is 0 Å². The number of fused-ring (bicyclic) bond motifs is 1. The van der Waals surface area contributed by atoms with Crippen molar-refractivity contribution in [1.29, 1.82) is 0 Å². The SMILES string of the molecule is Cc1ccc(-c2ccc(-c3cc(Cl)c(-c4ccc(-c5ccc(C)cc5)cc4)c4nsnc34)cc2)cc1. The molecule has 0 saturated carbocycles. The predicted octanol–water partition coefficient (Wildman–Crippen LogP) is 9.63. The van der Waals surface area contributed by atoms with Crippen LogP contribution in [-0.2, 0) is 0 Å². The van der Waals surface area contributed by atoms with E-state index in [4.69, 9.17) is 11.6 Å². The van der Waals surface area contributed by atoms with Crippen LogP contribution in [0.4, 0.5) is 0 Å². The second-order valence-corrected chi connectivity index (χ2v) is 10.1. The van der Waals surface area contributed by atoms with Gasteiger partial charge in [-0.25, -0.2) is 0 Å². The fraction of sp³-hybridized carbons (Fsp3) is 0.0625. The fourth-order valence-electron chi connectivity index (χ4n) is 4.57. The summed E-state index contributed by atoms with van der Waals surface area (Å²) in [6.07, 6.45) is 0. The van der Waals surface area contributed by atoms with E-state index in [1.807, 2.05) is 6.07 Å². The average Bonchev–Trinajstić information content (AvgIpc) is 3.39. The highest BCUT2D eigenvalue weighted by atomic mass is 35.5. The van der Waals surface area contributed by atoms with Crippen molar-refractivity contribution in [3.05, 3.63) is 119 Å². The second kappa shape index (κ2) is 9.34. The number of rotatable bonds is 4. The zero-order chi connectivity index (χ0) is 24.6. The Balaban J connectivity index is 1.37. The van der Waals surface area contributed by atoms with E-state index in [0.29, 0.717) is 5.02 Å². The highest BCUT2D eigenvalue weighted by Crippen LogP contribution is 2.41. The third kappa shape index (κ3) is 4.21. The molecule has 0 unspecified atom stereocenters. The van der Waals surface area contributed by atoms with Crippen molar-refractivity contribution in [2.24, 2.45) is 0 Å². The number of aryl methyl sites for hydroxylation is 2. The van der Waals surface area contributed by atoms with Crippen LogP contribution in [0.15, 0.2) is 103 Å². The van der Waals surface area contributed by atoms with Crippen molar-refractivity contribution in [3.8, 4) is 44.5 Å². The minimum Gasteiger partial charge on any atom is -0.172 e. The third-order valence-electron chi connectivity index (χ3n) is 6.63. The first-order chi connectivity index (χ1) is 17.6. The maximum atomic E-state index is 6.90. The summed E-state index contributed by atoms with van der Waals surface area (Å²) in [6, 6.07) is 36.3. The predicted molar refractivity (Wildman–Crippen MR) is 154 cm³/mol. The lowest BCUT2D eigenvalue weighted by molar-refractivity contribution is 1.47. The van der Waals surface area contributed by atoms with E-state index < -0.39 is 0 Å². The first-order valence-corrected chi connectivity index (χ1v) is 13.0. The summed E-state index contributed by atoms with van der Waals surface area (Å²) in [7, 11) is 0. The number of nitrogens with zero attached hydrogens (tertiary/aromatic N) is 2. The van der Waals surface area contributed by atoms with E-state index in [1.165, 1.54) is 45.1 Å². The Bertz CT molecular complexity index is 1670. The Morgan fingerprint density at radius 2 is 0.889 bits per heavy atom. The Morgan fingerprint density at radius 3 is 1.39 bits per heavy atom. The molecule has 2 nitrogen and oxygen atoms in total. The van der Waals surface area contributed by atoms with Crippen LogP contribution in [0.3, 0.4) is 0 Å². The highest BCUT2D eigenvalue weighted by Gasteiger charge is 2.18. The van der Waals surface area contributed by atoms with Gasteiger partial charge in [-0.1, -0.05) is 120 Å². The molecule has 6 aromatic rings. The summed E-state index contributed by atoms with van der Waals surface area (Å²) in [4.78, 5) is 0. The molecule has 174 valence electrons. The molecule has 0 radical (unpaired) electrons. The Labute approximate surface area is 220 Å². The molecule has 0 aliphatic heterocycles. The van der Waals surface area contributed by atoms with Crippen LogP contribution in [0, 0.1) is 13.8 Å². The Morgan fingerprint density at radius 1 is 0.500 bits per heavy atom. The van der Waals surface area contributed by atoms with Gasteiger partial charge in [0.25, 0.3) is 0 Å². The lowest BCUT2D eigenvalue weighted by atomic mass is 9.95. The van der Waals surface area contributed by atoms with Crippen LogP contribution >= 0.6 is 23.3 Å². The van der Waals surface area contributed by atoms with Crippen LogP contribution in [0.1, 0.15) is 11.1 Å². The summed E-state index contributed by atoms with van der Waals surface area (Å²) in [5, 5.41) is 0.677. The van der Waals surface area contributed by atoms with Crippen molar-refractivity contribution in [3.63, 3.8) is 0 Å². The molecule has 0 spiro atoms. The lowest BCUT2D eigenvalue weighted by Gasteiger charge is -2.11. The Kier molecular flexibility index (Phi) is 5.88. The molecule has 6 rings (SSSR count). The van der Waals surface area contributed by atoms with Crippen molar-refractivity contribution in [2.45, 2.75) is 13.8 Å². The first-order valence-electron chi connectivity index (χ1n) is 11.9. The zero-order valence-corrected chi connectivity index (χ0v) is 21.6. The van der Waals surface area contributed by atoms with Gasteiger partial charge in [0.2, 0.25) is 0 Å². The van der Waals surface area contributed by atoms with E-state index >= 15 is 0 Å². The molecule has 5 aromatic carbocycles. The van der Waals surface area contributed by atoms with Crippen LogP contribution < -0.4 is 0 Å². The standard InChI is InChI=1S/C32H23ClN2S/c1-20-3-7-22(8-4-20)24-11-15-26(16-12-24)28-19-29(33)30(32-31(28)34-36-35-32)27-17-13-25(14-18-27)23-9-5-21(2)6-10-23/h3-19H,1-2H3. The molecule has 0 fully saturated rings. The molecule has 1 heterocycles. The summed E-state index contributed by atoms with van der Waals surface area (Å²) < 4.78 is 9.31. The number of hydrogen-bond donors (Lipinski definition) is 0. The van der Waals surface area contributed by atoms with Crippen molar-refractivity contribution >= 4 is 34.4 Å². The van der Waals surface area contributed by atoms with Crippen LogP contribution in [-0.4, -0.2) is 8.75 Å². The van der Waals surface area contributed by atoms with E-state index in [-0.39, 0.29) is 0 Å². The zero-order valence-electron chi connectivity index (χ0n) is 20.0. The first kappa shape index (κ1) is 22.7. The number of benzene rings is 5. The average molecular weight is 503 g/mol. The molecular formula is C32H23ClN2S. The number of hydrogen-bond acceptors (Lipinski definition) is 3. The molecule has 0 aliphatic rings. The molecule has 0 saturated heterocycles. The second-order valence-electron chi connectivity index (χ2n) is 9.13. The maximum Gasteiger partial charge on any atom is 0.114 e. The van der Waals surface area contributed by atoms with Gasteiger partial charge in [0.15, 0.2) is 0 Å². The lowest BCUT2D eigenvalue weighted by Crippen LogP contribution is -1.88. The van der Waals surface area contributed by atoms with Crippen LogP contribution in [0.2, 0.25) is 5.02 Å². The molecule has 0 aliphatic carbocycles. The quantitative estimate of drug-likeness (QED) is 0.240. The molecule has 4 heteroatoms.